The molecule has 20 heavy (non-hydrogen) atoms. The number of nitrogens with one attached hydrogen (secondary N) is 1. The summed E-state index contributed by atoms with van der Waals surface area (Å²) in [4.78, 5) is 20.2. The van der Waals surface area contributed by atoms with Crippen LogP contribution in [-0.4, -0.2) is 26.1 Å². The second kappa shape index (κ2) is 4.93. The van der Waals surface area contributed by atoms with Gasteiger partial charge in [-0.2, -0.15) is 5.10 Å². The van der Waals surface area contributed by atoms with Gasteiger partial charge in [0.15, 0.2) is 0 Å². The first-order valence-corrected chi connectivity index (χ1v) is 5.97. The van der Waals surface area contributed by atoms with Crippen molar-refractivity contribution in [3.63, 3.8) is 0 Å². The Labute approximate surface area is 114 Å². The number of carbonyl (C=O) groups is 1. The molecule has 0 saturated heterocycles. The van der Waals surface area contributed by atoms with Gasteiger partial charge in [0.1, 0.15) is 5.69 Å². The molecule has 0 aliphatic carbocycles. The summed E-state index contributed by atoms with van der Waals surface area (Å²) >= 11 is 0. The third kappa shape index (κ3) is 2.14. The molecule has 3 rings (SSSR count). The van der Waals surface area contributed by atoms with Crippen molar-refractivity contribution in [1.82, 2.24) is 20.2 Å². The monoisotopic (exact) mass is 265 g/mol. The van der Waals surface area contributed by atoms with E-state index < -0.39 is 5.91 Å². The van der Waals surface area contributed by atoms with E-state index in [0.717, 1.165) is 5.56 Å². The van der Waals surface area contributed by atoms with Gasteiger partial charge in [0, 0.05) is 23.5 Å². The summed E-state index contributed by atoms with van der Waals surface area (Å²) in [6, 6.07) is 9.05. The molecule has 0 spiro atoms. The van der Waals surface area contributed by atoms with Gasteiger partial charge in [0.25, 0.3) is 5.91 Å². The van der Waals surface area contributed by atoms with Crippen LogP contribution in [0.2, 0.25) is 0 Å². The van der Waals surface area contributed by atoms with Crippen LogP contribution in [0.3, 0.4) is 0 Å². The highest BCUT2D eigenvalue weighted by Crippen LogP contribution is 2.24. The molecule has 0 atom stereocenters. The quantitative estimate of drug-likeness (QED) is 0.752. The van der Waals surface area contributed by atoms with Gasteiger partial charge in [-0.1, -0.05) is 6.07 Å². The number of nitrogens with two attached hydrogens (primary N) is 1. The molecule has 1 amide bonds. The molecule has 0 unspecified atom stereocenters. The third-order valence-corrected chi connectivity index (χ3v) is 2.86. The predicted molar refractivity (Wildman–Crippen MR) is 73.6 cm³/mol. The summed E-state index contributed by atoms with van der Waals surface area (Å²) in [7, 11) is 0. The van der Waals surface area contributed by atoms with E-state index in [1.807, 2.05) is 6.07 Å². The highest BCUT2D eigenvalue weighted by Gasteiger charge is 2.14. The van der Waals surface area contributed by atoms with Gasteiger partial charge in [-0.05, 0) is 24.3 Å². The Bertz CT molecular complexity index is 738. The number of nitrogens with zero attached hydrogens (tertiary/aromatic N) is 3. The molecule has 0 aromatic carbocycles. The number of primary amides is 1. The van der Waals surface area contributed by atoms with Crippen molar-refractivity contribution < 1.29 is 4.79 Å². The SMILES string of the molecule is NC(=O)c1nc(-c2cn[nH]c2)ccc1-c1ccccn1. The van der Waals surface area contributed by atoms with E-state index in [2.05, 4.69) is 20.2 Å². The van der Waals surface area contributed by atoms with Crippen molar-refractivity contribution in [3.05, 3.63) is 54.6 Å². The Kier molecular flexibility index (Phi) is 2.96. The Morgan fingerprint density at radius 3 is 2.70 bits per heavy atom. The largest absolute Gasteiger partial charge is 0.364 e. The maximum atomic E-state index is 11.6. The number of pyridine rings is 2. The molecule has 3 aromatic rings. The highest BCUT2D eigenvalue weighted by molar-refractivity contribution is 5.98. The summed E-state index contributed by atoms with van der Waals surface area (Å²) < 4.78 is 0. The summed E-state index contributed by atoms with van der Waals surface area (Å²) in [5.41, 5.74) is 8.32. The topological polar surface area (TPSA) is 97.5 Å². The number of amides is 1. The first-order chi connectivity index (χ1) is 9.75. The average Bonchev–Trinajstić information content (AvgIpc) is 3.02. The number of H-pyrrole nitrogens is 1. The standard InChI is InChI=1S/C14H11N5O/c15-14(20)13-10(12-3-1-2-6-16-12)4-5-11(19-13)9-7-17-18-8-9/h1-8H,(H2,15,20)(H,17,18). The van der Waals surface area contributed by atoms with E-state index in [0.29, 0.717) is 17.0 Å². The van der Waals surface area contributed by atoms with Crippen LogP contribution in [0.1, 0.15) is 10.5 Å². The molecular weight excluding hydrogens is 254 g/mol. The van der Waals surface area contributed by atoms with E-state index in [1.165, 1.54) is 0 Å². The summed E-state index contributed by atoms with van der Waals surface area (Å²) in [6.07, 6.45) is 4.99. The Morgan fingerprint density at radius 1 is 1.15 bits per heavy atom. The number of rotatable bonds is 3. The van der Waals surface area contributed by atoms with Gasteiger partial charge in [-0.3, -0.25) is 14.9 Å². The lowest BCUT2D eigenvalue weighted by molar-refractivity contribution is 0.0996. The minimum atomic E-state index is -0.587. The molecule has 0 saturated carbocycles. The molecule has 3 heterocycles. The van der Waals surface area contributed by atoms with Crippen LogP contribution in [0.4, 0.5) is 0 Å². The Balaban J connectivity index is 2.15. The Morgan fingerprint density at radius 2 is 2.05 bits per heavy atom. The van der Waals surface area contributed by atoms with Crippen molar-refractivity contribution in [1.29, 1.82) is 0 Å². The predicted octanol–water partition coefficient (Wildman–Crippen LogP) is 1.63. The van der Waals surface area contributed by atoms with Gasteiger partial charge in [0.05, 0.1) is 17.6 Å². The van der Waals surface area contributed by atoms with Crippen LogP contribution in [0.25, 0.3) is 22.5 Å². The molecule has 98 valence electrons. The van der Waals surface area contributed by atoms with E-state index in [1.54, 1.807) is 42.9 Å². The fraction of sp³-hybridized carbons (Fsp3) is 0. The fourth-order valence-electron chi connectivity index (χ4n) is 1.93. The molecule has 0 aliphatic rings. The molecule has 3 N–H and O–H groups in total. The van der Waals surface area contributed by atoms with Crippen molar-refractivity contribution in [3.8, 4) is 22.5 Å². The van der Waals surface area contributed by atoms with Gasteiger partial charge in [-0.15, -0.1) is 0 Å². The van der Waals surface area contributed by atoms with Crippen LogP contribution >= 0.6 is 0 Å². The number of carbonyl (C=O) groups excluding carboxylic acids is 1. The molecule has 0 fully saturated rings. The molecular formula is C14H11N5O. The normalized spacial score (nSPS) is 10.4. The third-order valence-electron chi connectivity index (χ3n) is 2.86. The van der Waals surface area contributed by atoms with Gasteiger partial charge in [-0.25, -0.2) is 4.98 Å². The van der Waals surface area contributed by atoms with Gasteiger partial charge < -0.3 is 5.73 Å². The number of hydrogen-bond acceptors (Lipinski definition) is 4. The van der Waals surface area contributed by atoms with Crippen molar-refractivity contribution in [2.75, 3.05) is 0 Å². The number of aromatic nitrogens is 4. The number of aromatic amines is 1. The second-order valence-corrected chi connectivity index (χ2v) is 4.16. The average molecular weight is 265 g/mol. The second-order valence-electron chi connectivity index (χ2n) is 4.16. The van der Waals surface area contributed by atoms with Gasteiger partial charge in [0.2, 0.25) is 0 Å². The van der Waals surface area contributed by atoms with Crippen LogP contribution in [0.5, 0.6) is 0 Å². The van der Waals surface area contributed by atoms with E-state index >= 15 is 0 Å². The zero-order valence-corrected chi connectivity index (χ0v) is 10.4. The fourth-order valence-corrected chi connectivity index (χ4v) is 1.93. The lowest BCUT2D eigenvalue weighted by Gasteiger charge is -2.07. The van der Waals surface area contributed by atoms with Crippen molar-refractivity contribution in [2.24, 2.45) is 5.73 Å². The maximum Gasteiger partial charge on any atom is 0.268 e. The first kappa shape index (κ1) is 12.0. The van der Waals surface area contributed by atoms with E-state index in [9.17, 15) is 4.79 Å². The minimum absolute atomic E-state index is 0.197. The lowest BCUT2D eigenvalue weighted by atomic mass is 10.1. The smallest absolute Gasteiger partial charge is 0.268 e. The minimum Gasteiger partial charge on any atom is -0.364 e. The Hall–Kier alpha value is -3.02. The summed E-state index contributed by atoms with van der Waals surface area (Å²) in [6.45, 7) is 0. The van der Waals surface area contributed by atoms with Crippen LogP contribution in [0, 0.1) is 0 Å². The zero-order valence-electron chi connectivity index (χ0n) is 10.4. The summed E-state index contributed by atoms with van der Waals surface area (Å²) in [5, 5.41) is 6.56. The van der Waals surface area contributed by atoms with Crippen molar-refractivity contribution in [2.45, 2.75) is 0 Å². The molecule has 0 radical (unpaired) electrons. The molecule has 6 heteroatoms. The lowest BCUT2D eigenvalue weighted by Crippen LogP contribution is -2.15. The molecule has 3 aromatic heterocycles. The van der Waals surface area contributed by atoms with Crippen LogP contribution in [-0.2, 0) is 0 Å². The maximum absolute atomic E-state index is 11.6. The van der Waals surface area contributed by atoms with Crippen LogP contribution in [0.15, 0.2) is 48.9 Å². The van der Waals surface area contributed by atoms with Crippen molar-refractivity contribution >= 4 is 5.91 Å². The zero-order chi connectivity index (χ0) is 13.9. The van der Waals surface area contributed by atoms with Crippen LogP contribution < -0.4 is 5.73 Å². The molecule has 0 aliphatic heterocycles. The van der Waals surface area contributed by atoms with Gasteiger partial charge >= 0.3 is 0 Å². The van der Waals surface area contributed by atoms with E-state index in [-0.39, 0.29) is 5.69 Å². The molecule has 6 nitrogen and oxygen atoms in total. The highest BCUT2D eigenvalue weighted by atomic mass is 16.1. The number of hydrogen-bond donors (Lipinski definition) is 2. The van der Waals surface area contributed by atoms with E-state index in [4.69, 9.17) is 5.73 Å². The molecule has 0 bridgehead atoms. The first-order valence-electron chi connectivity index (χ1n) is 5.97. The summed E-state index contributed by atoms with van der Waals surface area (Å²) in [5.74, 6) is -0.587.